The fourth-order valence-corrected chi connectivity index (χ4v) is 2.85. The summed E-state index contributed by atoms with van der Waals surface area (Å²) in [5.74, 6) is 0. The predicted octanol–water partition coefficient (Wildman–Crippen LogP) is 0.884. The average molecular weight is 198 g/mol. The second-order valence-electron chi connectivity index (χ2n) is 4.68. The first-order valence-electron chi connectivity index (χ1n) is 5.89. The molecule has 0 bridgehead atoms. The number of rotatable bonds is 2. The van der Waals surface area contributed by atoms with Crippen LogP contribution in [-0.2, 0) is 4.74 Å². The number of hydrogen-bond donors (Lipinski definition) is 2. The van der Waals surface area contributed by atoms with Gasteiger partial charge in [0.05, 0.1) is 0 Å². The zero-order valence-corrected chi connectivity index (χ0v) is 8.93. The molecule has 2 fully saturated rings. The summed E-state index contributed by atoms with van der Waals surface area (Å²) in [6.07, 6.45) is 6.27. The standard InChI is InChI=1S/C11H22N2O/c12-9-11(4-7-14-8-5-11)10-3-1-2-6-13-10/h10,13H,1-9,12H2. The van der Waals surface area contributed by atoms with Crippen LogP contribution in [0.4, 0.5) is 0 Å². The lowest BCUT2D eigenvalue weighted by Gasteiger charge is -2.44. The summed E-state index contributed by atoms with van der Waals surface area (Å²) in [5.41, 5.74) is 6.31. The van der Waals surface area contributed by atoms with E-state index in [9.17, 15) is 0 Å². The van der Waals surface area contributed by atoms with E-state index in [1.165, 1.54) is 25.8 Å². The number of piperidine rings is 1. The molecule has 0 aliphatic carbocycles. The maximum absolute atomic E-state index is 5.97. The van der Waals surface area contributed by atoms with E-state index < -0.39 is 0 Å². The molecule has 0 aromatic carbocycles. The molecule has 14 heavy (non-hydrogen) atoms. The molecular weight excluding hydrogens is 176 g/mol. The van der Waals surface area contributed by atoms with E-state index >= 15 is 0 Å². The lowest BCUT2D eigenvalue weighted by atomic mass is 9.71. The van der Waals surface area contributed by atoms with Crippen molar-refractivity contribution in [2.75, 3.05) is 26.3 Å². The van der Waals surface area contributed by atoms with Crippen molar-refractivity contribution >= 4 is 0 Å². The Hall–Kier alpha value is -0.120. The Balaban J connectivity index is 2.01. The lowest BCUT2D eigenvalue weighted by Crippen LogP contribution is -2.53. The van der Waals surface area contributed by atoms with Crippen LogP contribution in [0.2, 0.25) is 0 Å². The van der Waals surface area contributed by atoms with Gasteiger partial charge in [-0.05, 0) is 38.8 Å². The Labute approximate surface area is 86.4 Å². The van der Waals surface area contributed by atoms with Crippen molar-refractivity contribution in [3.05, 3.63) is 0 Å². The molecule has 0 aromatic rings. The summed E-state index contributed by atoms with van der Waals surface area (Å²) >= 11 is 0. The van der Waals surface area contributed by atoms with Crippen LogP contribution in [0.1, 0.15) is 32.1 Å². The van der Waals surface area contributed by atoms with Crippen molar-refractivity contribution in [2.45, 2.75) is 38.1 Å². The van der Waals surface area contributed by atoms with E-state index in [1.54, 1.807) is 0 Å². The van der Waals surface area contributed by atoms with E-state index in [0.717, 1.165) is 32.6 Å². The Morgan fingerprint density at radius 2 is 2.07 bits per heavy atom. The Morgan fingerprint density at radius 3 is 2.64 bits per heavy atom. The second-order valence-corrected chi connectivity index (χ2v) is 4.68. The van der Waals surface area contributed by atoms with Crippen LogP contribution < -0.4 is 11.1 Å². The van der Waals surface area contributed by atoms with Gasteiger partial charge in [-0.15, -0.1) is 0 Å². The smallest absolute Gasteiger partial charge is 0.0472 e. The monoisotopic (exact) mass is 198 g/mol. The predicted molar refractivity (Wildman–Crippen MR) is 57.2 cm³/mol. The van der Waals surface area contributed by atoms with Gasteiger partial charge in [-0.25, -0.2) is 0 Å². The lowest BCUT2D eigenvalue weighted by molar-refractivity contribution is -0.00650. The molecular formula is C11H22N2O. The first kappa shape index (κ1) is 10.4. The molecule has 82 valence electrons. The molecule has 3 N–H and O–H groups in total. The van der Waals surface area contributed by atoms with Gasteiger partial charge >= 0.3 is 0 Å². The van der Waals surface area contributed by atoms with Gasteiger partial charge in [0.1, 0.15) is 0 Å². The third-order valence-corrected chi connectivity index (χ3v) is 3.94. The maximum Gasteiger partial charge on any atom is 0.0472 e. The van der Waals surface area contributed by atoms with E-state index in [4.69, 9.17) is 10.5 Å². The molecule has 0 spiro atoms. The largest absolute Gasteiger partial charge is 0.381 e. The van der Waals surface area contributed by atoms with Gasteiger partial charge in [0, 0.05) is 24.7 Å². The van der Waals surface area contributed by atoms with E-state index in [0.29, 0.717) is 11.5 Å². The molecule has 2 heterocycles. The van der Waals surface area contributed by atoms with Gasteiger partial charge in [0.25, 0.3) is 0 Å². The Morgan fingerprint density at radius 1 is 1.29 bits per heavy atom. The molecule has 0 amide bonds. The molecule has 1 unspecified atom stereocenters. The van der Waals surface area contributed by atoms with Crippen LogP contribution in [0, 0.1) is 5.41 Å². The highest BCUT2D eigenvalue weighted by Gasteiger charge is 2.39. The van der Waals surface area contributed by atoms with Gasteiger partial charge in [-0.3, -0.25) is 0 Å². The minimum atomic E-state index is 0.332. The second kappa shape index (κ2) is 4.60. The van der Waals surface area contributed by atoms with Crippen molar-refractivity contribution in [3.8, 4) is 0 Å². The van der Waals surface area contributed by atoms with E-state index in [1.807, 2.05) is 0 Å². The Bertz CT molecular complexity index is 172. The zero-order valence-electron chi connectivity index (χ0n) is 8.93. The molecule has 2 rings (SSSR count). The van der Waals surface area contributed by atoms with Crippen molar-refractivity contribution in [1.29, 1.82) is 0 Å². The van der Waals surface area contributed by atoms with Gasteiger partial charge in [0.15, 0.2) is 0 Å². The minimum Gasteiger partial charge on any atom is -0.381 e. The molecule has 3 heteroatoms. The minimum absolute atomic E-state index is 0.332. The number of hydrogen-bond acceptors (Lipinski definition) is 3. The van der Waals surface area contributed by atoms with Crippen molar-refractivity contribution in [3.63, 3.8) is 0 Å². The fraction of sp³-hybridized carbons (Fsp3) is 1.00. The van der Waals surface area contributed by atoms with Crippen LogP contribution in [0.25, 0.3) is 0 Å². The molecule has 2 saturated heterocycles. The number of nitrogens with two attached hydrogens (primary N) is 1. The average Bonchev–Trinajstić information content (AvgIpc) is 2.31. The fourth-order valence-electron chi connectivity index (χ4n) is 2.85. The van der Waals surface area contributed by atoms with Gasteiger partial charge in [-0.1, -0.05) is 6.42 Å². The summed E-state index contributed by atoms with van der Waals surface area (Å²) < 4.78 is 5.43. The highest BCUT2D eigenvalue weighted by molar-refractivity contribution is 4.94. The number of nitrogens with one attached hydrogen (secondary N) is 1. The summed E-state index contributed by atoms with van der Waals surface area (Å²) in [7, 11) is 0. The topological polar surface area (TPSA) is 47.3 Å². The molecule has 3 nitrogen and oxygen atoms in total. The van der Waals surface area contributed by atoms with Crippen molar-refractivity contribution in [2.24, 2.45) is 11.1 Å². The first-order valence-corrected chi connectivity index (χ1v) is 5.89. The van der Waals surface area contributed by atoms with Crippen LogP contribution in [-0.4, -0.2) is 32.3 Å². The maximum atomic E-state index is 5.97. The van der Waals surface area contributed by atoms with Crippen LogP contribution in [0.3, 0.4) is 0 Å². The SMILES string of the molecule is NCC1(C2CCCCN2)CCOCC1. The summed E-state index contributed by atoms with van der Waals surface area (Å²) in [6, 6.07) is 0.644. The molecule has 2 aliphatic rings. The van der Waals surface area contributed by atoms with Crippen LogP contribution >= 0.6 is 0 Å². The van der Waals surface area contributed by atoms with Gasteiger partial charge in [0.2, 0.25) is 0 Å². The number of ether oxygens (including phenoxy) is 1. The van der Waals surface area contributed by atoms with Gasteiger partial charge in [-0.2, -0.15) is 0 Å². The summed E-state index contributed by atoms with van der Waals surface area (Å²) in [5, 5.41) is 3.65. The molecule has 0 aromatic heterocycles. The Kier molecular flexibility index (Phi) is 3.42. The van der Waals surface area contributed by atoms with Gasteiger partial charge < -0.3 is 15.8 Å². The highest BCUT2D eigenvalue weighted by atomic mass is 16.5. The van der Waals surface area contributed by atoms with E-state index in [-0.39, 0.29) is 0 Å². The van der Waals surface area contributed by atoms with Crippen molar-refractivity contribution in [1.82, 2.24) is 5.32 Å². The van der Waals surface area contributed by atoms with E-state index in [2.05, 4.69) is 5.32 Å². The molecule has 2 aliphatic heterocycles. The molecule has 0 radical (unpaired) electrons. The highest BCUT2D eigenvalue weighted by Crippen LogP contribution is 2.36. The van der Waals surface area contributed by atoms with Crippen LogP contribution in [0.15, 0.2) is 0 Å². The quantitative estimate of drug-likeness (QED) is 0.692. The molecule has 0 saturated carbocycles. The summed E-state index contributed by atoms with van der Waals surface area (Å²) in [4.78, 5) is 0. The normalized spacial score (nSPS) is 32.8. The van der Waals surface area contributed by atoms with Crippen LogP contribution in [0.5, 0.6) is 0 Å². The third kappa shape index (κ3) is 1.95. The van der Waals surface area contributed by atoms with Crippen molar-refractivity contribution < 1.29 is 4.74 Å². The third-order valence-electron chi connectivity index (χ3n) is 3.94. The first-order chi connectivity index (χ1) is 6.87. The zero-order chi connectivity index (χ0) is 9.86. The summed E-state index contributed by atoms with van der Waals surface area (Å²) in [6.45, 7) is 3.78. The molecule has 1 atom stereocenters.